The highest BCUT2D eigenvalue weighted by Crippen LogP contribution is 2.33. The van der Waals surface area contributed by atoms with Crippen LogP contribution in [0.25, 0.3) is 0 Å². The first-order valence-corrected chi connectivity index (χ1v) is 8.44. The van der Waals surface area contributed by atoms with Gasteiger partial charge in [-0.1, -0.05) is 19.3 Å². The molecule has 0 spiro atoms. The summed E-state index contributed by atoms with van der Waals surface area (Å²) < 4.78 is 5.80. The van der Waals surface area contributed by atoms with E-state index in [0.29, 0.717) is 12.6 Å². The lowest BCUT2D eigenvalue weighted by Gasteiger charge is -2.31. The topological polar surface area (TPSA) is 55.6 Å². The summed E-state index contributed by atoms with van der Waals surface area (Å²) in [4.78, 5) is 14.9. The van der Waals surface area contributed by atoms with Gasteiger partial charge >= 0.3 is 0 Å². The standard InChI is InChI=1S/C16H28N2O2/c17-10-14-8-9-15(20-14)16(19)18(13-6-7-13)11-12-4-2-1-3-5-12/h12-15H,1-11,17H2. The van der Waals surface area contributed by atoms with Gasteiger partial charge in [-0.25, -0.2) is 0 Å². The van der Waals surface area contributed by atoms with Crippen LogP contribution in [-0.4, -0.2) is 42.1 Å². The highest BCUT2D eigenvalue weighted by Gasteiger charge is 2.40. The van der Waals surface area contributed by atoms with E-state index >= 15 is 0 Å². The Hall–Kier alpha value is -0.610. The van der Waals surface area contributed by atoms with E-state index in [2.05, 4.69) is 4.90 Å². The van der Waals surface area contributed by atoms with Crippen molar-refractivity contribution in [3.63, 3.8) is 0 Å². The second-order valence-corrected chi connectivity index (χ2v) is 6.79. The molecule has 0 aromatic heterocycles. The summed E-state index contributed by atoms with van der Waals surface area (Å²) in [6.07, 6.45) is 10.7. The van der Waals surface area contributed by atoms with E-state index in [9.17, 15) is 4.79 Å². The summed E-state index contributed by atoms with van der Waals surface area (Å²) in [7, 11) is 0. The van der Waals surface area contributed by atoms with Crippen LogP contribution in [0.4, 0.5) is 0 Å². The summed E-state index contributed by atoms with van der Waals surface area (Å²) in [5.74, 6) is 0.967. The van der Waals surface area contributed by atoms with Crippen molar-refractivity contribution in [3.8, 4) is 0 Å². The van der Waals surface area contributed by atoms with Gasteiger partial charge in [0.25, 0.3) is 5.91 Å². The van der Waals surface area contributed by atoms with Crippen LogP contribution in [0.15, 0.2) is 0 Å². The fraction of sp³-hybridized carbons (Fsp3) is 0.938. The molecule has 2 atom stereocenters. The van der Waals surface area contributed by atoms with Gasteiger partial charge < -0.3 is 15.4 Å². The zero-order valence-electron chi connectivity index (χ0n) is 12.4. The van der Waals surface area contributed by atoms with Crippen molar-refractivity contribution in [2.45, 2.75) is 76.0 Å². The predicted octanol–water partition coefficient (Wildman–Crippen LogP) is 2.06. The third-order valence-electron chi connectivity index (χ3n) is 5.10. The van der Waals surface area contributed by atoms with Crippen molar-refractivity contribution < 1.29 is 9.53 Å². The molecule has 3 aliphatic rings. The highest BCUT2D eigenvalue weighted by atomic mass is 16.5. The maximum Gasteiger partial charge on any atom is 0.251 e. The number of amides is 1. The van der Waals surface area contributed by atoms with Gasteiger partial charge in [-0.3, -0.25) is 4.79 Å². The van der Waals surface area contributed by atoms with E-state index in [-0.39, 0.29) is 18.1 Å². The van der Waals surface area contributed by atoms with Gasteiger partial charge in [-0.15, -0.1) is 0 Å². The minimum Gasteiger partial charge on any atom is -0.364 e. The van der Waals surface area contributed by atoms with Crippen LogP contribution in [-0.2, 0) is 9.53 Å². The molecule has 4 nitrogen and oxygen atoms in total. The average molecular weight is 280 g/mol. The molecule has 1 saturated heterocycles. The Morgan fingerprint density at radius 3 is 2.40 bits per heavy atom. The third-order valence-corrected chi connectivity index (χ3v) is 5.10. The first kappa shape index (κ1) is 14.3. The first-order chi connectivity index (χ1) is 9.78. The molecule has 2 unspecified atom stereocenters. The minimum atomic E-state index is -0.215. The van der Waals surface area contributed by atoms with Crippen molar-refractivity contribution in [2.24, 2.45) is 11.7 Å². The Labute approximate surface area is 122 Å². The number of hydrogen-bond acceptors (Lipinski definition) is 3. The zero-order chi connectivity index (χ0) is 13.9. The molecule has 2 saturated carbocycles. The van der Waals surface area contributed by atoms with Gasteiger partial charge in [-0.2, -0.15) is 0 Å². The van der Waals surface area contributed by atoms with E-state index in [4.69, 9.17) is 10.5 Å². The fourth-order valence-corrected chi connectivity index (χ4v) is 3.70. The number of nitrogens with zero attached hydrogens (tertiary/aromatic N) is 1. The molecule has 114 valence electrons. The van der Waals surface area contributed by atoms with E-state index in [0.717, 1.165) is 25.3 Å². The summed E-state index contributed by atoms with van der Waals surface area (Å²) >= 11 is 0. The third kappa shape index (κ3) is 3.34. The molecule has 4 heteroatoms. The van der Waals surface area contributed by atoms with Crippen LogP contribution in [0.3, 0.4) is 0 Å². The van der Waals surface area contributed by atoms with Crippen LogP contribution < -0.4 is 5.73 Å². The number of ether oxygens (including phenoxy) is 1. The highest BCUT2D eigenvalue weighted by molar-refractivity contribution is 5.81. The van der Waals surface area contributed by atoms with Crippen LogP contribution in [0.1, 0.15) is 57.8 Å². The average Bonchev–Trinajstić information content (AvgIpc) is 3.21. The van der Waals surface area contributed by atoms with Crippen LogP contribution >= 0.6 is 0 Å². The molecule has 3 fully saturated rings. The Morgan fingerprint density at radius 2 is 1.80 bits per heavy atom. The summed E-state index contributed by atoms with van der Waals surface area (Å²) in [6.45, 7) is 1.51. The summed E-state index contributed by atoms with van der Waals surface area (Å²) in [6, 6.07) is 0.505. The largest absolute Gasteiger partial charge is 0.364 e. The van der Waals surface area contributed by atoms with E-state index in [1.165, 1.54) is 44.9 Å². The Balaban J connectivity index is 1.57. The van der Waals surface area contributed by atoms with E-state index < -0.39 is 0 Å². The molecular formula is C16H28N2O2. The Bertz CT molecular complexity index is 337. The Morgan fingerprint density at radius 1 is 1.05 bits per heavy atom. The Kier molecular flexibility index (Phi) is 4.61. The lowest BCUT2D eigenvalue weighted by Crippen LogP contribution is -2.43. The van der Waals surface area contributed by atoms with Crippen molar-refractivity contribution in [3.05, 3.63) is 0 Å². The van der Waals surface area contributed by atoms with Gasteiger partial charge in [0.05, 0.1) is 6.10 Å². The van der Waals surface area contributed by atoms with E-state index in [1.54, 1.807) is 0 Å². The summed E-state index contributed by atoms with van der Waals surface area (Å²) in [5, 5.41) is 0. The SMILES string of the molecule is NCC1CCC(C(=O)N(CC2CCCCC2)C2CC2)O1. The second kappa shape index (κ2) is 6.44. The fourth-order valence-electron chi connectivity index (χ4n) is 3.70. The minimum absolute atomic E-state index is 0.0969. The van der Waals surface area contributed by atoms with Gasteiger partial charge in [0, 0.05) is 19.1 Å². The molecule has 0 aromatic rings. The maximum absolute atomic E-state index is 12.7. The molecular weight excluding hydrogens is 252 g/mol. The van der Waals surface area contributed by atoms with Crippen LogP contribution in [0, 0.1) is 5.92 Å². The molecule has 0 radical (unpaired) electrons. The van der Waals surface area contributed by atoms with Crippen molar-refractivity contribution in [1.82, 2.24) is 4.90 Å². The molecule has 1 heterocycles. The predicted molar refractivity (Wildman–Crippen MR) is 78.3 cm³/mol. The quantitative estimate of drug-likeness (QED) is 0.838. The lowest BCUT2D eigenvalue weighted by molar-refractivity contribution is -0.144. The molecule has 20 heavy (non-hydrogen) atoms. The number of nitrogens with two attached hydrogens (primary N) is 1. The molecule has 0 bridgehead atoms. The number of hydrogen-bond donors (Lipinski definition) is 1. The number of rotatable bonds is 5. The maximum atomic E-state index is 12.7. The van der Waals surface area contributed by atoms with Gasteiger partial charge in [0.2, 0.25) is 0 Å². The van der Waals surface area contributed by atoms with Crippen molar-refractivity contribution >= 4 is 5.91 Å². The molecule has 2 N–H and O–H groups in total. The monoisotopic (exact) mass is 280 g/mol. The lowest BCUT2D eigenvalue weighted by atomic mass is 9.89. The van der Waals surface area contributed by atoms with Gasteiger partial charge in [0.1, 0.15) is 6.10 Å². The second-order valence-electron chi connectivity index (χ2n) is 6.79. The molecule has 0 aromatic carbocycles. The first-order valence-electron chi connectivity index (χ1n) is 8.44. The zero-order valence-corrected chi connectivity index (χ0v) is 12.4. The van der Waals surface area contributed by atoms with Gasteiger partial charge in [-0.05, 0) is 44.4 Å². The number of carbonyl (C=O) groups excluding carboxylic acids is 1. The summed E-state index contributed by atoms with van der Waals surface area (Å²) in [5.41, 5.74) is 5.64. The molecule has 3 rings (SSSR count). The molecule has 1 aliphatic heterocycles. The van der Waals surface area contributed by atoms with Crippen molar-refractivity contribution in [2.75, 3.05) is 13.1 Å². The van der Waals surface area contributed by atoms with Crippen LogP contribution in [0.2, 0.25) is 0 Å². The number of carbonyl (C=O) groups is 1. The van der Waals surface area contributed by atoms with Gasteiger partial charge in [0.15, 0.2) is 0 Å². The van der Waals surface area contributed by atoms with E-state index in [1.807, 2.05) is 0 Å². The van der Waals surface area contributed by atoms with Crippen molar-refractivity contribution in [1.29, 1.82) is 0 Å². The molecule has 2 aliphatic carbocycles. The normalized spacial score (nSPS) is 31.4. The smallest absolute Gasteiger partial charge is 0.251 e. The molecule has 1 amide bonds. The van der Waals surface area contributed by atoms with Crippen LogP contribution in [0.5, 0.6) is 0 Å².